The molecule has 0 spiro atoms. The van der Waals surface area contributed by atoms with E-state index in [1.165, 1.54) is 0 Å². The molecular formula is C18H23N5O2. The average Bonchev–Trinajstić information content (AvgIpc) is 2.60. The molecule has 3 heterocycles. The number of carbonyl (C=O) groups excluding carboxylic acids is 1. The Kier molecular flexibility index (Phi) is 5.23. The van der Waals surface area contributed by atoms with Crippen molar-refractivity contribution in [3.63, 3.8) is 0 Å². The number of pyridine rings is 1. The van der Waals surface area contributed by atoms with Gasteiger partial charge in [-0.3, -0.25) is 4.79 Å². The van der Waals surface area contributed by atoms with Crippen LogP contribution in [-0.4, -0.2) is 50.6 Å². The van der Waals surface area contributed by atoms with E-state index in [4.69, 9.17) is 5.11 Å². The molecule has 132 valence electrons. The molecule has 0 bridgehead atoms. The lowest BCUT2D eigenvalue weighted by Gasteiger charge is -2.32. The molecule has 0 saturated carbocycles. The number of aliphatic hydroxyl groups is 1. The highest BCUT2D eigenvalue weighted by atomic mass is 16.3. The van der Waals surface area contributed by atoms with Gasteiger partial charge in [-0.2, -0.15) is 0 Å². The fourth-order valence-electron chi connectivity index (χ4n) is 3.19. The second-order valence-corrected chi connectivity index (χ2v) is 6.38. The van der Waals surface area contributed by atoms with Gasteiger partial charge in [-0.05, 0) is 44.9 Å². The molecule has 7 heteroatoms. The van der Waals surface area contributed by atoms with Crippen LogP contribution >= 0.6 is 0 Å². The maximum Gasteiger partial charge on any atom is 0.248 e. The second-order valence-electron chi connectivity index (χ2n) is 6.38. The summed E-state index contributed by atoms with van der Waals surface area (Å²) in [6, 6.07) is 7.72. The van der Waals surface area contributed by atoms with Crippen LogP contribution in [0.4, 0.5) is 11.8 Å². The first-order valence-electron chi connectivity index (χ1n) is 8.50. The maximum atomic E-state index is 11.7. The molecule has 1 atom stereocenters. The zero-order valence-corrected chi connectivity index (χ0v) is 14.6. The molecule has 3 rings (SSSR count). The van der Waals surface area contributed by atoms with Crippen LogP contribution in [0.1, 0.15) is 35.8 Å². The van der Waals surface area contributed by atoms with Gasteiger partial charge in [0, 0.05) is 36.1 Å². The van der Waals surface area contributed by atoms with Gasteiger partial charge in [0.1, 0.15) is 12.4 Å². The quantitative estimate of drug-likeness (QED) is 0.883. The number of aliphatic hydroxyl groups excluding tert-OH is 1. The zero-order valence-electron chi connectivity index (χ0n) is 14.6. The molecule has 1 saturated heterocycles. The SMILES string of the molecule is Cc1cc(C)nc(Nc2cccc(C3CCCN(C(=O)CO)C3)n2)n1. The van der Waals surface area contributed by atoms with E-state index in [1.54, 1.807) is 4.90 Å². The van der Waals surface area contributed by atoms with Crippen LogP contribution in [-0.2, 0) is 4.79 Å². The summed E-state index contributed by atoms with van der Waals surface area (Å²) in [6.45, 7) is 4.71. The van der Waals surface area contributed by atoms with Crippen LogP contribution in [0.3, 0.4) is 0 Å². The lowest BCUT2D eigenvalue weighted by Crippen LogP contribution is -2.40. The van der Waals surface area contributed by atoms with Gasteiger partial charge in [-0.15, -0.1) is 0 Å². The zero-order chi connectivity index (χ0) is 17.8. The van der Waals surface area contributed by atoms with Crippen LogP contribution in [0.2, 0.25) is 0 Å². The number of nitrogens with zero attached hydrogens (tertiary/aromatic N) is 4. The van der Waals surface area contributed by atoms with Crippen molar-refractivity contribution in [1.82, 2.24) is 19.9 Å². The molecule has 0 aromatic carbocycles. The first-order valence-corrected chi connectivity index (χ1v) is 8.50. The monoisotopic (exact) mass is 341 g/mol. The number of aryl methyl sites for hydroxylation is 2. The summed E-state index contributed by atoms with van der Waals surface area (Å²) in [5.41, 5.74) is 2.73. The average molecular weight is 341 g/mol. The number of rotatable bonds is 4. The van der Waals surface area contributed by atoms with Crippen molar-refractivity contribution in [2.24, 2.45) is 0 Å². The second kappa shape index (κ2) is 7.57. The van der Waals surface area contributed by atoms with E-state index in [0.717, 1.165) is 29.9 Å². The summed E-state index contributed by atoms with van der Waals surface area (Å²) >= 11 is 0. The van der Waals surface area contributed by atoms with Crippen LogP contribution in [0.5, 0.6) is 0 Å². The number of likely N-dealkylation sites (tertiary alicyclic amines) is 1. The fraction of sp³-hybridized carbons (Fsp3) is 0.444. The maximum absolute atomic E-state index is 11.7. The van der Waals surface area contributed by atoms with Gasteiger partial charge in [0.2, 0.25) is 11.9 Å². The molecule has 1 aliphatic heterocycles. The Bertz CT molecular complexity index is 745. The minimum absolute atomic E-state index is 0.172. The highest BCUT2D eigenvalue weighted by Crippen LogP contribution is 2.26. The standard InChI is InChI=1S/C18H23N5O2/c1-12-9-13(2)20-18(19-12)22-16-7-3-6-15(21-16)14-5-4-8-23(10-14)17(25)11-24/h3,6-7,9,14,24H,4-5,8,10-11H2,1-2H3,(H,19,20,21,22). The van der Waals surface area contributed by atoms with E-state index >= 15 is 0 Å². The van der Waals surface area contributed by atoms with Gasteiger partial charge in [-0.25, -0.2) is 15.0 Å². The molecule has 2 N–H and O–H groups in total. The van der Waals surface area contributed by atoms with Gasteiger partial charge >= 0.3 is 0 Å². The van der Waals surface area contributed by atoms with E-state index in [-0.39, 0.29) is 11.8 Å². The third kappa shape index (κ3) is 4.30. The van der Waals surface area contributed by atoms with Crippen LogP contribution in [0, 0.1) is 13.8 Å². The largest absolute Gasteiger partial charge is 0.387 e. The Morgan fingerprint density at radius 2 is 2.04 bits per heavy atom. The molecular weight excluding hydrogens is 318 g/mol. The molecule has 1 aliphatic rings. The van der Waals surface area contributed by atoms with E-state index in [0.29, 0.717) is 24.9 Å². The van der Waals surface area contributed by atoms with Crippen LogP contribution in [0.25, 0.3) is 0 Å². The predicted octanol–water partition coefficient (Wildman–Crippen LogP) is 1.93. The molecule has 7 nitrogen and oxygen atoms in total. The summed E-state index contributed by atoms with van der Waals surface area (Å²) in [5, 5.41) is 12.2. The summed E-state index contributed by atoms with van der Waals surface area (Å²) in [5.74, 6) is 1.17. The molecule has 25 heavy (non-hydrogen) atoms. The molecule has 1 fully saturated rings. The molecule has 0 aliphatic carbocycles. The Morgan fingerprint density at radius 3 is 2.76 bits per heavy atom. The third-order valence-corrected chi connectivity index (χ3v) is 4.32. The molecule has 0 radical (unpaired) electrons. The highest BCUT2D eigenvalue weighted by Gasteiger charge is 2.25. The Hall–Kier alpha value is -2.54. The van der Waals surface area contributed by atoms with Gasteiger partial charge in [-0.1, -0.05) is 6.07 Å². The summed E-state index contributed by atoms with van der Waals surface area (Å²) < 4.78 is 0. The molecule has 1 amide bonds. The number of carbonyl (C=O) groups is 1. The summed E-state index contributed by atoms with van der Waals surface area (Å²) in [4.78, 5) is 26.9. The summed E-state index contributed by atoms with van der Waals surface area (Å²) in [6.07, 6.45) is 1.89. The van der Waals surface area contributed by atoms with Gasteiger partial charge in [0.15, 0.2) is 0 Å². The Balaban J connectivity index is 1.76. The van der Waals surface area contributed by atoms with Crippen molar-refractivity contribution in [3.05, 3.63) is 41.3 Å². The number of hydrogen-bond donors (Lipinski definition) is 2. The van der Waals surface area contributed by atoms with Crippen molar-refractivity contribution in [1.29, 1.82) is 0 Å². The number of hydrogen-bond acceptors (Lipinski definition) is 6. The number of amides is 1. The van der Waals surface area contributed by atoms with Gasteiger partial charge in [0.25, 0.3) is 0 Å². The van der Waals surface area contributed by atoms with E-state index in [9.17, 15) is 4.79 Å². The van der Waals surface area contributed by atoms with E-state index in [2.05, 4.69) is 20.3 Å². The smallest absolute Gasteiger partial charge is 0.248 e. The molecule has 2 aromatic heterocycles. The fourth-order valence-corrected chi connectivity index (χ4v) is 3.19. The van der Waals surface area contributed by atoms with Crippen LogP contribution in [0.15, 0.2) is 24.3 Å². The summed E-state index contributed by atoms with van der Waals surface area (Å²) in [7, 11) is 0. The van der Waals surface area contributed by atoms with E-state index in [1.807, 2.05) is 38.1 Å². The highest BCUT2D eigenvalue weighted by molar-refractivity contribution is 5.77. The van der Waals surface area contributed by atoms with Crippen LogP contribution < -0.4 is 5.32 Å². The topological polar surface area (TPSA) is 91.2 Å². The number of nitrogens with one attached hydrogen (secondary N) is 1. The number of aromatic nitrogens is 3. The van der Waals surface area contributed by atoms with Crippen molar-refractivity contribution >= 4 is 17.7 Å². The van der Waals surface area contributed by atoms with Gasteiger partial charge < -0.3 is 15.3 Å². The lowest BCUT2D eigenvalue weighted by molar-refractivity contribution is -0.135. The van der Waals surface area contributed by atoms with Crippen molar-refractivity contribution in [2.75, 3.05) is 25.0 Å². The number of anilines is 2. The Morgan fingerprint density at radius 1 is 1.28 bits per heavy atom. The predicted molar refractivity (Wildman–Crippen MR) is 94.7 cm³/mol. The molecule has 2 aromatic rings. The first-order chi connectivity index (χ1) is 12.0. The Labute approximate surface area is 147 Å². The van der Waals surface area contributed by atoms with Crippen molar-refractivity contribution in [2.45, 2.75) is 32.6 Å². The normalized spacial score (nSPS) is 17.4. The van der Waals surface area contributed by atoms with Gasteiger partial charge in [0.05, 0.1) is 0 Å². The van der Waals surface area contributed by atoms with Crippen molar-refractivity contribution < 1.29 is 9.90 Å². The minimum Gasteiger partial charge on any atom is -0.387 e. The van der Waals surface area contributed by atoms with E-state index < -0.39 is 6.61 Å². The third-order valence-electron chi connectivity index (χ3n) is 4.32. The lowest BCUT2D eigenvalue weighted by atomic mass is 9.94. The minimum atomic E-state index is -0.439. The number of piperidine rings is 1. The first kappa shape index (κ1) is 17.3. The molecule has 1 unspecified atom stereocenters. The van der Waals surface area contributed by atoms with Crippen molar-refractivity contribution in [3.8, 4) is 0 Å².